The largest absolute Gasteiger partial charge is 0.450 e. The molecule has 0 radical (unpaired) electrons. The molecule has 34 heavy (non-hydrogen) atoms. The summed E-state index contributed by atoms with van der Waals surface area (Å²) in [6.45, 7) is 0. The van der Waals surface area contributed by atoms with Gasteiger partial charge in [0.1, 0.15) is 17.4 Å². The molecule has 0 unspecified atom stereocenters. The van der Waals surface area contributed by atoms with Gasteiger partial charge < -0.3 is 9.72 Å². The Labute approximate surface area is 196 Å². The van der Waals surface area contributed by atoms with Crippen molar-refractivity contribution in [1.29, 1.82) is 5.26 Å². The highest BCUT2D eigenvalue weighted by molar-refractivity contribution is 6.30. The lowest BCUT2D eigenvalue weighted by molar-refractivity contribution is -0.137. The molecule has 1 saturated carbocycles. The molecular formula is C24H16ClF3N4O2. The maximum atomic E-state index is 13.0. The molecule has 2 aromatic heterocycles. The number of aromatic amines is 1. The maximum absolute atomic E-state index is 13.0. The summed E-state index contributed by atoms with van der Waals surface area (Å²) in [4.78, 5) is 15.9. The van der Waals surface area contributed by atoms with E-state index in [1.807, 2.05) is 12.1 Å². The van der Waals surface area contributed by atoms with Crippen molar-refractivity contribution >= 4 is 17.2 Å². The van der Waals surface area contributed by atoms with Crippen molar-refractivity contribution in [3.63, 3.8) is 0 Å². The van der Waals surface area contributed by atoms with Crippen LogP contribution in [0.3, 0.4) is 0 Å². The van der Waals surface area contributed by atoms with Gasteiger partial charge in [-0.25, -0.2) is 0 Å². The Hall–Kier alpha value is -3.77. The number of hydrogen-bond donors (Lipinski definition) is 1. The fraction of sp³-hybridized carbons (Fsp3) is 0.208. The number of rotatable bonds is 5. The molecule has 1 aliphatic carbocycles. The van der Waals surface area contributed by atoms with Gasteiger partial charge in [0.25, 0.3) is 0 Å². The van der Waals surface area contributed by atoms with Gasteiger partial charge in [-0.15, -0.1) is 0 Å². The van der Waals surface area contributed by atoms with E-state index >= 15 is 0 Å². The number of H-pyrrole nitrogens is 1. The van der Waals surface area contributed by atoms with Gasteiger partial charge in [0.05, 0.1) is 17.5 Å². The lowest BCUT2D eigenvalue weighted by atomic mass is 9.91. The molecule has 2 heterocycles. The fourth-order valence-electron chi connectivity index (χ4n) is 4.03. The van der Waals surface area contributed by atoms with Gasteiger partial charge in [-0.3, -0.25) is 4.79 Å². The van der Waals surface area contributed by atoms with Crippen molar-refractivity contribution in [2.45, 2.75) is 30.9 Å². The third-order valence-electron chi connectivity index (χ3n) is 5.96. The number of fused-ring (bicyclic) bond motifs is 1. The van der Waals surface area contributed by atoms with Crippen molar-refractivity contribution in [2.75, 3.05) is 0 Å². The summed E-state index contributed by atoms with van der Waals surface area (Å²) in [7, 11) is 0. The Morgan fingerprint density at radius 1 is 1.15 bits per heavy atom. The Kier molecular flexibility index (Phi) is 5.14. The molecule has 0 aliphatic heterocycles. The summed E-state index contributed by atoms with van der Waals surface area (Å²) in [6, 6.07) is 13.6. The Morgan fingerprint density at radius 3 is 2.41 bits per heavy atom. The number of nitrogens with zero attached hydrogens (tertiary/aromatic N) is 3. The van der Waals surface area contributed by atoms with E-state index in [-0.39, 0.29) is 28.1 Å². The average Bonchev–Trinajstić information content (AvgIpc) is 3.48. The second kappa shape index (κ2) is 7.92. The molecule has 0 amide bonds. The number of nitriles is 1. The van der Waals surface area contributed by atoms with Crippen LogP contribution >= 0.6 is 11.6 Å². The molecule has 0 atom stereocenters. The SMILES string of the molecule is N#Cc1c(C2(Cc3ccc(Cl)cc3)CC2)nn2c(=O)c(Oc3ccc(C(F)(F)F)cc3)c[nH]c12. The van der Waals surface area contributed by atoms with Crippen LogP contribution in [0.25, 0.3) is 5.65 Å². The zero-order chi connectivity index (χ0) is 24.1. The summed E-state index contributed by atoms with van der Waals surface area (Å²) in [5.41, 5.74) is 0.285. The van der Waals surface area contributed by atoms with Gasteiger partial charge >= 0.3 is 11.7 Å². The minimum absolute atomic E-state index is 0.0622. The number of aromatic nitrogens is 3. The van der Waals surface area contributed by atoms with Gasteiger partial charge in [-0.1, -0.05) is 23.7 Å². The molecule has 2 aromatic carbocycles. The van der Waals surface area contributed by atoms with E-state index in [9.17, 15) is 23.2 Å². The van der Waals surface area contributed by atoms with Crippen molar-refractivity contribution in [3.05, 3.63) is 92.5 Å². The molecule has 10 heteroatoms. The highest BCUT2D eigenvalue weighted by Gasteiger charge is 2.48. The normalized spacial score (nSPS) is 14.7. The molecule has 1 aliphatic rings. The van der Waals surface area contributed by atoms with E-state index in [1.165, 1.54) is 6.20 Å². The van der Waals surface area contributed by atoms with Crippen LogP contribution in [0, 0.1) is 11.3 Å². The average molecular weight is 485 g/mol. The maximum Gasteiger partial charge on any atom is 0.416 e. The number of nitrogens with one attached hydrogen (secondary N) is 1. The van der Waals surface area contributed by atoms with E-state index in [2.05, 4.69) is 16.2 Å². The first-order valence-electron chi connectivity index (χ1n) is 10.3. The van der Waals surface area contributed by atoms with E-state index < -0.39 is 17.3 Å². The summed E-state index contributed by atoms with van der Waals surface area (Å²) in [5, 5.41) is 14.9. The third-order valence-corrected chi connectivity index (χ3v) is 6.21. The topological polar surface area (TPSA) is 83.2 Å². The first-order valence-corrected chi connectivity index (χ1v) is 10.7. The Balaban J connectivity index is 1.49. The highest BCUT2D eigenvalue weighted by atomic mass is 35.5. The monoisotopic (exact) mass is 484 g/mol. The fourth-order valence-corrected chi connectivity index (χ4v) is 4.15. The highest BCUT2D eigenvalue weighted by Crippen LogP contribution is 2.51. The van der Waals surface area contributed by atoms with Gasteiger partial charge in [-0.05, 0) is 61.2 Å². The van der Waals surface area contributed by atoms with E-state index in [1.54, 1.807) is 12.1 Å². The predicted molar refractivity (Wildman–Crippen MR) is 118 cm³/mol. The molecule has 0 spiro atoms. The van der Waals surface area contributed by atoms with E-state index in [0.29, 0.717) is 17.1 Å². The van der Waals surface area contributed by atoms with Crippen LogP contribution in [-0.4, -0.2) is 14.6 Å². The van der Waals surface area contributed by atoms with Crippen LogP contribution in [0.5, 0.6) is 11.5 Å². The molecule has 172 valence electrons. The van der Waals surface area contributed by atoms with Gasteiger partial charge in [-0.2, -0.15) is 28.0 Å². The van der Waals surface area contributed by atoms with E-state index in [0.717, 1.165) is 47.2 Å². The van der Waals surface area contributed by atoms with Crippen molar-refractivity contribution in [3.8, 4) is 17.6 Å². The molecular weight excluding hydrogens is 469 g/mol. The standard InChI is InChI=1S/C24H16ClF3N4O2/c25-16-5-1-14(2-6-16)11-23(9-10-23)20-18(12-29)21-30-13-19(22(33)32(21)31-20)34-17-7-3-15(4-8-17)24(26,27)28/h1-8,13,30H,9-11H2. The van der Waals surface area contributed by atoms with Crippen LogP contribution < -0.4 is 10.3 Å². The lowest BCUT2D eigenvalue weighted by Crippen LogP contribution is -2.18. The van der Waals surface area contributed by atoms with Crippen molar-refractivity contribution in [1.82, 2.24) is 14.6 Å². The molecule has 6 nitrogen and oxygen atoms in total. The quantitative estimate of drug-likeness (QED) is 0.398. The summed E-state index contributed by atoms with van der Waals surface area (Å²) in [5.74, 6) is -0.0968. The van der Waals surface area contributed by atoms with Crippen LogP contribution in [0.15, 0.2) is 59.5 Å². The Bertz CT molecular complexity index is 1480. The number of alkyl halides is 3. The Morgan fingerprint density at radius 2 is 1.82 bits per heavy atom. The second-order valence-electron chi connectivity index (χ2n) is 8.26. The number of ether oxygens (including phenoxy) is 1. The van der Waals surface area contributed by atoms with Gasteiger partial charge in [0.15, 0.2) is 5.65 Å². The van der Waals surface area contributed by atoms with E-state index in [4.69, 9.17) is 16.3 Å². The van der Waals surface area contributed by atoms with Gasteiger partial charge in [0, 0.05) is 10.4 Å². The lowest BCUT2D eigenvalue weighted by Gasteiger charge is -2.13. The number of hydrogen-bond acceptors (Lipinski definition) is 4. The summed E-state index contributed by atoms with van der Waals surface area (Å²) >= 11 is 5.98. The molecule has 0 bridgehead atoms. The van der Waals surface area contributed by atoms with Crippen LogP contribution in [0.4, 0.5) is 13.2 Å². The molecule has 1 N–H and O–H groups in total. The van der Waals surface area contributed by atoms with Crippen molar-refractivity contribution < 1.29 is 17.9 Å². The number of benzene rings is 2. The molecule has 5 rings (SSSR count). The molecule has 1 fully saturated rings. The summed E-state index contributed by atoms with van der Waals surface area (Å²) < 4.78 is 44.9. The minimum Gasteiger partial charge on any atom is -0.450 e. The van der Waals surface area contributed by atoms with Crippen LogP contribution in [0.1, 0.15) is 35.2 Å². The first-order chi connectivity index (χ1) is 16.2. The van der Waals surface area contributed by atoms with Crippen LogP contribution in [-0.2, 0) is 18.0 Å². The molecule has 4 aromatic rings. The third kappa shape index (κ3) is 3.90. The van der Waals surface area contributed by atoms with Crippen LogP contribution in [0.2, 0.25) is 5.02 Å². The summed E-state index contributed by atoms with van der Waals surface area (Å²) in [6.07, 6.45) is -0.917. The zero-order valence-corrected chi connectivity index (χ0v) is 18.2. The predicted octanol–water partition coefficient (Wildman–Crippen LogP) is 5.63. The smallest absolute Gasteiger partial charge is 0.416 e. The molecule has 0 saturated heterocycles. The second-order valence-corrected chi connectivity index (χ2v) is 8.70. The minimum atomic E-state index is -4.47. The zero-order valence-electron chi connectivity index (χ0n) is 17.5. The first kappa shape index (κ1) is 22.0. The van der Waals surface area contributed by atoms with Gasteiger partial charge in [0.2, 0.25) is 5.75 Å². The number of halogens is 4. The van der Waals surface area contributed by atoms with Crippen molar-refractivity contribution in [2.24, 2.45) is 0 Å².